The molecule has 1 aliphatic rings. The standard InChI is InChI=1S/C28H36S4/c1-3-5-7-9-13-21-19-25(23-15-11-17-29-23)31-27(21)28-22(14-10-8-6-4-2)20-26(32-28)24-16-12-18-30-24/h11-12,15-19,26H,3-10,13-14,20H2,1-2H3. The first-order chi connectivity index (χ1) is 15.8. The van der Waals surface area contributed by atoms with Crippen molar-refractivity contribution in [3.63, 3.8) is 0 Å². The molecular formula is C28H36S4. The molecule has 3 aromatic heterocycles. The lowest BCUT2D eigenvalue weighted by Crippen LogP contribution is -1.90. The molecule has 0 radical (unpaired) electrons. The van der Waals surface area contributed by atoms with Crippen LogP contribution in [0.1, 0.15) is 98.6 Å². The number of aryl methyl sites for hydroxylation is 1. The van der Waals surface area contributed by atoms with Crippen molar-refractivity contribution in [2.24, 2.45) is 0 Å². The van der Waals surface area contributed by atoms with Gasteiger partial charge in [-0.2, -0.15) is 0 Å². The monoisotopic (exact) mass is 500 g/mol. The molecule has 4 heterocycles. The van der Waals surface area contributed by atoms with Crippen LogP contribution in [-0.4, -0.2) is 0 Å². The molecule has 172 valence electrons. The van der Waals surface area contributed by atoms with Gasteiger partial charge in [0.1, 0.15) is 0 Å². The molecule has 0 bridgehead atoms. The lowest BCUT2D eigenvalue weighted by molar-refractivity contribution is 0.656. The maximum absolute atomic E-state index is 2.53. The highest BCUT2D eigenvalue weighted by Gasteiger charge is 2.30. The van der Waals surface area contributed by atoms with Crippen LogP contribution < -0.4 is 0 Å². The van der Waals surface area contributed by atoms with Crippen molar-refractivity contribution in [1.29, 1.82) is 0 Å². The van der Waals surface area contributed by atoms with Gasteiger partial charge in [0, 0.05) is 29.7 Å². The van der Waals surface area contributed by atoms with Gasteiger partial charge in [-0.3, -0.25) is 0 Å². The zero-order valence-electron chi connectivity index (χ0n) is 19.5. The minimum atomic E-state index is 0.617. The van der Waals surface area contributed by atoms with Crippen LogP contribution in [0.25, 0.3) is 14.7 Å². The summed E-state index contributed by atoms with van der Waals surface area (Å²) >= 11 is 8.04. The van der Waals surface area contributed by atoms with Gasteiger partial charge in [-0.15, -0.1) is 45.8 Å². The van der Waals surface area contributed by atoms with Gasteiger partial charge in [0.15, 0.2) is 0 Å². The molecule has 1 aliphatic heterocycles. The predicted octanol–water partition coefficient (Wildman–Crippen LogP) is 11.2. The highest BCUT2D eigenvalue weighted by atomic mass is 32.2. The second-order valence-corrected chi connectivity index (χ2v) is 13.0. The van der Waals surface area contributed by atoms with Crippen LogP contribution in [0.15, 0.2) is 46.7 Å². The Morgan fingerprint density at radius 1 is 0.812 bits per heavy atom. The number of thiophene rings is 3. The fraction of sp³-hybridized carbons (Fsp3) is 0.500. The summed E-state index contributed by atoms with van der Waals surface area (Å²) in [7, 11) is 0. The Bertz CT molecular complexity index is 959. The average Bonchev–Trinajstić information content (AvgIpc) is 3.60. The van der Waals surface area contributed by atoms with Gasteiger partial charge in [-0.1, -0.05) is 70.1 Å². The molecule has 0 N–H and O–H groups in total. The van der Waals surface area contributed by atoms with Crippen molar-refractivity contribution in [3.05, 3.63) is 62.0 Å². The summed E-state index contributed by atoms with van der Waals surface area (Å²) < 4.78 is 0. The fourth-order valence-electron chi connectivity index (χ4n) is 4.50. The molecule has 32 heavy (non-hydrogen) atoms. The zero-order chi connectivity index (χ0) is 22.2. The van der Waals surface area contributed by atoms with E-state index in [4.69, 9.17) is 0 Å². The van der Waals surface area contributed by atoms with Crippen LogP contribution in [0.5, 0.6) is 0 Å². The summed E-state index contributed by atoms with van der Waals surface area (Å²) in [5, 5.41) is 5.07. The average molecular weight is 501 g/mol. The Balaban J connectivity index is 1.62. The van der Waals surface area contributed by atoms with Crippen molar-refractivity contribution >= 4 is 50.7 Å². The summed E-state index contributed by atoms with van der Waals surface area (Å²) in [4.78, 5) is 7.69. The lowest BCUT2D eigenvalue weighted by atomic mass is 9.99. The first-order valence-electron chi connectivity index (χ1n) is 12.4. The first kappa shape index (κ1) is 24.3. The molecule has 1 unspecified atom stereocenters. The van der Waals surface area contributed by atoms with E-state index in [-0.39, 0.29) is 0 Å². The molecule has 4 heteroatoms. The Morgan fingerprint density at radius 2 is 1.56 bits per heavy atom. The van der Waals surface area contributed by atoms with Crippen molar-refractivity contribution in [3.8, 4) is 9.75 Å². The number of hydrogen-bond donors (Lipinski definition) is 0. The van der Waals surface area contributed by atoms with E-state index in [1.165, 1.54) is 80.4 Å². The molecule has 0 saturated carbocycles. The second kappa shape index (κ2) is 12.6. The molecule has 0 fully saturated rings. The van der Waals surface area contributed by atoms with Crippen molar-refractivity contribution in [1.82, 2.24) is 0 Å². The van der Waals surface area contributed by atoms with Gasteiger partial charge in [0.05, 0.1) is 0 Å². The Hall–Kier alpha value is -0.810. The molecule has 0 aromatic carbocycles. The van der Waals surface area contributed by atoms with Gasteiger partial charge in [-0.25, -0.2) is 0 Å². The topological polar surface area (TPSA) is 0 Å². The molecule has 0 spiro atoms. The van der Waals surface area contributed by atoms with E-state index in [1.54, 1.807) is 25.8 Å². The van der Waals surface area contributed by atoms with Crippen LogP contribution in [0.4, 0.5) is 0 Å². The van der Waals surface area contributed by atoms with Gasteiger partial charge in [0.2, 0.25) is 0 Å². The molecule has 3 aromatic rings. The van der Waals surface area contributed by atoms with E-state index >= 15 is 0 Å². The minimum absolute atomic E-state index is 0.617. The van der Waals surface area contributed by atoms with E-state index < -0.39 is 0 Å². The number of thioether (sulfide) groups is 1. The van der Waals surface area contributed by atoms with E-state index in [0.29, 0.717) is 5.25 Å². The summed E-state index contributed by atoms with van der Waals surface area (Å²) in [5.74, 6) is 0. The predicted molar refractivity (Wildman–Crippen MR) is 150 cm³/mol. The molecule has 0 saturated heterocycles. The summed E-state index contributed by atoms with van der Waals surface area (Å²) in [6, 6.07) is 11.6. The van der Waals surface area contributed by atoms with Crippen molar-refractivity contribution in [2.75, 3.05) is 0 Å². The van der Waals surface area contributed by atoms with Crippen molar-refractivity contribution in [2.45, 2.75) is 89.7 Å². The van der Waals surface area contributed by atoms with E-state index in [9.17, 15) is 0 Å². The van der Waals surface area contributed by atoms with Gasteiger partial charge in [0.25, 0.3) is 0 Å². The fourth-order valence-corrected chi connectivity index (χ4v) is 9.17. The Kier molecular flexibility index (Phi) is 9.57. The van der Waals surface area contributed by atoms with Gasteiger partial charge >= 0.3 is 0 Å². The van der Waals surface area contributed by atoms with Gasteiger partial charge in [-0.05, 0) is 66.6 Å². The zero-order valence-corrected chi connectivity index (χ0v) is 22.8. The third-order valence-corrected chi connectivity index (χ3v) is 11.2. The van der Waals surface area contributed by atoms with Crippen LogP contribution in [0, 0.1) is 0 Å². The number of hydrogen-bond acceptors (Lipinski definition) is 4. The van der Waals surface area contributed by atoms with Crippen LogP contribution in [0.3, 0.4) is 0 Å². The quantitative estimate of drug-likeness (QED) is 0.210. The SMILES string of the molecule is CCCCCCC1=C(c2sc(-c3cccs3)cc2CCCCCC)SC(c2cccs2)C1. The highest BCUT2D eigenvalue weighted by molar-refractivity contribution is 8.09. The largest absolute Gasteiger partial charge is 0.148 e. The van der Waals surface area contributed by atoms with E-state index in [2.05, 4.69) is 78.0 Å². The molecular weight excluding hydrogens is 465 g/mol. The minimum Gasteiger partial charge on any atom is -0.148 e. The number of allylic oxidation sites excluding steroid dienone is 1. The first-order valence-corrected chi connectivity index (χ1v) is 15.8. The Morgan fingerprint density at radius 3 is 2.25 bits per heavy atom. The molecule has 1 atom stereocenters. The van der Waals surface area contributed by atoms with Gasteiger partial charge < -0.3 is 0 Å². The summed E-state index contributed by atoms with van der Waals surface area (Å²) in [5.41, 5.74) is 3.34. The highest BCUT2D eigenvalue weighted by Crippen LogP contribution is 2.56. The van der Waals surface area contributed by atoms with E-state index in [0.717, 1.165) is 0 Å². The maximum Gasteiger partial charge on any atom is 0.0476 e. The van der Waals surface area contributed by atoms with Crippen molar-refractivity contribution < 1.29 is 0 Å². The molecule has 4 rings (SSSR count). The Labute approximate surface area is 211 Å². The molecule has 0 amide bonds. The maximum atomic E-state index is 2.53. The number of rotatable bonds is 13. The summed E-state index contributed by atoms with van der Waals surface area (Å²) in [6.07, 6.45) is 14.5. The summed E-state index contributed by atoms with van der Waals surface area (Å²) in [6.45, 7) is 4.62. The lowest BCUT2D eigenvalue weighted by Gasteiger charge is -2.09. The molecule has 0 nitrogen and oxygen atoms in total. The third kappa shape index (κ3) is 6.20. The normalized spacial score (nSPS) is 16.4. The van der Waals surface area contributed by atoms with E-state index in [1.807, 2.05) is 22.7 Å². The van der Waals surface area contributed by atoms with Crippen LogP contribution in [0.2, 0.25) is 0 Å². The second-order valence-electron chi connectivity index (χ2n) is 8.82. The number of unbranched alkanes of at least 4 members (excludes halogenated alkanes) is 6. The van der Waals surface area contributed by atoms with Crippen LogP contribution in [-0.2, 0) is 6.42 Å². The van der Waals surface area contributed by atoms with Crippen LogP contribution >= 0.6 is 45.8 Å². The smallest absolute Gasteiger partial charge is 0.0476 e. The third-order valence-electron chi connectivity index (χ3n) is 6.28. The molecule has 0 aliphatic carbocycles.